The molecule has 8 heteroatoms. The van der Waals surface area contributed by atoms with E-state index in [4.69, 9.17) is 14.2 Å². The van der Waals surface area contributed by atoms with Crippen LogP contribution in [-0.2, 0) is 25.6 Å². The number of nitrogens with one attached hydrogen (secondary N) is 1. The van der Waals surface area contributed by atoms with Gasteiger partial charge in [0.2, 0.25) is 0 Å². The van der Waals surface area contributed by atoms with E-state index in [1.807, 2.05) is 12.1 Å². The molecule has 2 unspecified atom stereocenters. The van der Waals surface area contributed by atoms with Crippen LogP contribution in [0, 0.1) is 11.8 Å². The van der Waals surface area contributed by atoms with Crippen LogP contribution in [0.15, 0.2) is 47.4 Å². The Labute approximate surface area is 210 Å². The molecule has 1 aliphatic carbocycles. The third-order valence-electron chi connectivity index (χ3n) is 8.01. The van der Waals surface area contributed by atoms with Crippen LogP contribution in [0.3, 0.4) is 0 Å². The summed E-state index contributed by atoms with van der Waals surface area (Å²) in [4.78, 5) is 40.7. The molecule has 1 aromatic carbocycles. The Morgan fingerprint density at radius 1 is 1.03 bits per heavy atom. The maximum Gasteiger partial charge on any atom is 0.421 e. The van der Waals surface area contributed by atoms with Crippen LogP contribution >= 0.6 is 0 Å². The summed E-state index contributed by atoms with van der Waals surface area (Å²) in [5, 5.41) is 0. The fourth-order valence-corrected chi connectivity index (χ4v) is 5.92. The summed E-state index contributed by atoms with van der Waals surface area (Å²) in [7, 11) is 0. The van der Waals surface area contributed by atoms with Crippen molar-refractivity contribution in [1.82, 2.24) is 9.88 Å². The van der Waals surface area contributed by atoms with Crippen LogP contribution in [0.5, 0.6) is 5.75 Å². The first-order valence-corrected chi connectivity index (χ1v) is 13.0. The molecule has 0 amide bonds. The lowest BCUT2D eigenvalue weighted by molar-refractivity contribution is -0.275. The van der Waals surface area contributed by atoms with Gasteiger partial charge in [0, 0.05) is 37.2 Å². The quantitative estimate of drug-likeness (QED) is 0.457. The summed E-state index contributed by atoms with van der Waals surface area (Å²) in [6, 6.07) is 11.7. The number of hydrogen-bond donors (Lipinski definition) is 1. The molecule has 2 aromatic rings. The first kappa shape index (κ1) is 24.6. The Morgan fingerprint density at radius 2 is 1.78 bits per heavy atom. The van der Waals surface area contributed by atoms with E-state index in [-0.39, 0.29) is 24.4 Å². The third kappa shape index (κ3) is 5.05. The van der Waals surface area contributed by atoms with Crippen LogP contribution < -0.4 is 10.3 Å². The van der Waals surface area contributed by atoms with Gasteiger partial charge in [0.25, 0.3) is 5.56 Å². The summed E-state index contributed by atoms with van der Waals surface area (Å²) in [5.41, 5.74) is 1.52. The monoisotopic (exact) mass is 494 g/mol. The normalized spacial score (nSPS) is 23.3. The fraction of sp³-hybridized carbons (Fsp3) is 0.536. The average molecular weight is 495 g/mol. The average Bonchev–Trinajstić information content (AvgIpc) is 3.18. The number of aromatic nitrogens is 1. The van der Waals surface area contributed by atoms with Gasteiger partial charge in [0.1, 0.15) is 5.75 Å². The molecule has 192 valence electrons. The van der Waals surface area contributed by atoms with Crippen molar-refractivity contribution in [3.63, 3.8) is 0 Å². The first-order chi connectivity index (χ1) is 17.4. The van der Waals surface area contributed by atoms with Crippen molar-refractivity contribution >= 4 is 11.9 Å². The van der Waals surface area contributed by atoms with Crippen LogP contribution in [0.2, 0.25) is 0 Å². The first-order valence-electron chi connectivity index (χ1n) is 13.0. The number of nitrogens with zero attached hydrogens (tertiary/aromatic N) is 1. The smallest absolute Gasteiger partial charge is 0.421 e. The SMILES string of the molecule is CC(c1ccccc1OCC1CCN(Cc2ccc[nH]c2=O)C2(C1)OC(=O)C(=O)O2)C1CCCCC1. The van der Waals surface area contributed by atoms with Crippen molar-refractivity contribution in [1.29, 1.82) is 0 Å². The number of carbonyl (C=O) groups excluding carboxylic acids is 2. The summed E-state index contributed by atoms with van der Waals surface area (Å²) >= 11 is 0. The number of esters is 2. The predicted octanol–water partition coefficient (Wildman–Crippen LogP) is 4.10. The number of likely N-dealkylation sites (tertiary alicyclic amines) is 1. The van der Waals surface area contributed by atoms with Crippen molar-refractivity contribution in [3.8, 4) is 5.75 Å². The summed E-state index contributed by atoms with van der Waals surface area (Å²) in [6.45, 7) is 3.41. The number of piperidine rings is 1. The van der Waals surface area contributed by atoms with Gasteiger partial charge in [-0.2, -0.15) is 0 Å². The summed E-state index contributed by atoms with van der Waals surface area (Å²) in [6.07, 6.45) is 9.05. The highest BCUT2D eigenvalue weighted by atomic mass is 16.8. The number of carbonyl (C=O) groups is 2. The molecule has 3 fully saturated rings. The van der Waals surface area contributed by atoms with Gasteiger partial charge in [-0.1, -0.05) is 50.5 Å². The molecule has 3 aliphatic rings. The number of H-pyrrole nitrogens is 1. The molecular formula is C28H34N2O6. The van der Waals surface area contributed by atoms with E-state index >= 15 is 0 Å². The molecular weight excluding hydrogens is 460 g/mol. The minimum absolute atomic E-state index is 0.00653. The topological polar surface area (TPSA) is 97.9 Å². The second kappa shape index (κ2) is 10.5. The van der Waals surface area contributed by atoms with Crippen molar-refractivity contribution in [2.24, 2.45) is 11.8 Å². The molecule has 2 atom stereocenters. The predicted molar refractivity (Wildman–Crippen MR) is 132 cm³/mol. The number of pyridine rings is 1. The zero-order valence-electron chi connectivity index (χ0n) is 20.7. The zero-order valence-corrected chi connectivity index (χ0v) is 20.7. The molecule has 1 saturated carbocycles. The van der Waals surface area contributed by atoms with E-state index in [9.17, 15) is 14.4 Å². The number of para-hydroxylation sites is 1. The van der Waals surface area contributed by atoms with E-state index in [1.54, 1.807) is 23.2 Å². The molecule has 3 heterocycles. The Bertz CT molecular complexity index is 1140. The molecule has 2 saturated heterocycles. The van der Waals surface area contributed by atoms with E-state index in [0.29, 0.717) is 30.6 Å². The van der Waals surface area contributed by atoms with Gasteiger partial charge in [-0.05, 0) is 48.8 Å². The number of hydrogen-bond acceptors (Lipinski definition) is 7. The Balaban J connectivity index is 1.29. The zero-order chi connectivity index (χ0) is 25.1. The van der Waals surface area contributed by atoms with Gasteiger partial charge in [-0.3, -0.25) is 4.79 Å². The third-order valence-corrected chi connectivity index (χ3v) is 8.01. The van der Waals surface area contributed by atoms with Gasteiger partial charge in [0.15, 0.2) is 0 Å². The fourth-order valence-electron chi connectivity index (χ4n) is 5.92. The van der Waals surface area contributed by atoms with Crippen molar-refractivity contribution in [2.45, 2.75) is 70.2 Å². The molecule has 0 bridgehead atoms. The van der Waals surface area contributed by atoms with Gasteiger partial charge in [-0.25, -0.2) is 14.5 Å². The second-order valence-corrected chi connectivity index (χ2v) is 10.3. The van der Waals surface area contributed by atoms with Gasteiger partial charge >= 0.3 is 17.8 Å². The number of rotatable bonds is 7. The summed E-state index contributed by atoms with van der Waals surface area (Å²) in [5.74, 6) is -1.53. The molecule has 8 nitrogen and oxygen atoms in total. The van der Waals surface area contributed by atoms with Crippen LogP contribution in [0.4, 0.5) is 0 Å². The maximum absolute atomic E-state index is 12.2. The minimum Gasteiger partial charge on any atom is -0.493 e. The highest BCUT2D eigenvalue weighted by Gasteiger charge is 2.56. The number of ether oxygens (including phenoxy) is 3. The maximum atomic E-state index is 12.2. The van der Waals surface area contributed by atoms with Crippen LogP contribution in [-0.4, -0.2) is 40.9 Å². The van der Waals surface area contributed by atoms with Crippen molar-refractivity contribution in [2.75, 3.05) is 13.2 Å². The molecule has 5 rings (SSSR count). The Kier molecular flexibility index (Phi) is 7.14. The Hall–Kier alpha value is -3.13. The number of aromatic amines is 1. The molecule has 36 heavy (non-hydrogen) atoms. The largest absolute Gasteiger partial charge is 0.493 e. The van der Waals surface area contributed by atoms with Gasteiger partial charge < -0.3 is 19.2 Å². The lowest BCUT2D eigenvalue weighted by Crippen LogP contribution is -2.55. The molecule has 1 spiro atoms. The lowest BCUT2D eigenvalue weighted by Gasteiger charge is -2.43. The number of benzene rings is 1. The van der Waals surface area contributed by atoms with Gasteiger partial charge in [0.05, 0.1) is 6.61 Å². The van der Waals surface area contributed by atoms with Crippen molar-refractivity contribution in [3.05, 3.63) is 64.1 Å². The molecule has 1 N–H and O–H groups in total. The molecule has 0 radical (unpaired) electrons. The van der Waals surface area contributed by atoms with E-state index in [2.05, 4.69) is 24.0 Å². The molecule has 1 aromatic heterocycles. The van der Waals surface area contributed by atoms with E-state index in [0.717, 1.165) is 12.2 Å². The highest BCUT2D eigenvalue weighted by Crippen LogP contribution is 2.41. The van der Waals surface area contributed by atoms with E-state index < -0.39 is 17.8 Å². The lowest BCUT2D eigenvalue weighted by atomic mass is 9.77. The van der Waals surface area contributed by atoms with E-state index in [1.165, 1.54) is 37.7 Å². The highest BCUT2D eigenvalue weighted by molar-refractivity contribution is 6.31. The van der Waals surface area contributed by atoms with Gasteiger partial charge in [-0.15, -0.1) is 0 Å². The van der Waals surface area contributed by atoms with Crippen LogP contribution in [0.25, 0.3) is 0 Å². The van der Waals surface area contributed by atoms with Crippen LogP contribution in [0.1, 0.15) is 68.9 Å². The second-order valence-electron chi connectivity index (χ2n) is 10.3. The Morgan fingerprint density at radius 3 is 2.53 bits per heavy atom. The standard InChI is InChI=1S/C28H34N2O6/c1-19(21-8-3-2-4-9-21)23-11-5-6-12-24(23)34-18-20-13-15-30(17-22-10-7-14-29-25(22)31)28(16-20)35-26(32)27(33)36-28/h5-7,10-12,14,19-21H,2-4,8-9,13,15-18H2,1H3,(H,29,31). The molecule has 2 aliphatic heterocycles. The van der Waals surface area contributed by atoms with Crippen molar-refractivity contribution < 1.29 is 23.8 Å². The summed E-state index contributed by atoms with van der Waals surface area (Å²) < 4.78 is 17.4. The minimum atomic E-state index is -1.52.